The summed E-state index contributed by atoms with van der Waals surface area (Å²) in [6, 6.07) is 65.4. The Morgan fingerprint density at radius 2 is 1.04 bits per heavy atom. The first-order valence-electron chi connectivity index (χ1n) is 16.9. The number of aromatic nitrogens is 1. The molecule has 2 aliphatic rings. The lowest BCUT2D eigenvalue weighted by molar-refractivity contribution is 0.724. The Hall–Kier alpha value is -5.83. The van der Waals surface area contributed by atoms with Crippen LogP contribution < -0.4 is 0 Å². The van der Waals surface area contributed by atoms with Crippen molar-refractivity contribution < 1.29 is 0 Å². The monoisotopic (exact) mass is 639 g/mol. The Morgan fingerprint density at radius 1 is 0.408 bits per heavy atom. The second-order valence-electron chi connectivity index (χ2n) is 13.2. The highest BCUT2D eigenvalue weighted by Crippen LogP contribution is 2.62. The van der Waals surface area contributed by atoms with Crippen molar-refractivity contribution in [1.29, 1.82) is 0 Å². The third-order valence-corrected chi connectivity index (χ3v) is 12.0. The van der Waals surface area contributed by atoms with Crippen LogP contribution in [0.15, 0.2) is 186 Å². The molecule has 0 radical (unpaired) electrons. The average Bonchev–Trinajstić information content (AvgIpc) is 3.65. The number of hydrogen-bond acceptors (Lipinski definition) is 1. The fraction of sp³-hybridized carbons (Fsp3) is 0.0213. The van der Waals surface area contributed by atoms with Gasteiger partial charge in [0.25, 0.3) is 0 Å². The van der Waals surface area contributed by atoms with Crippen LogP contribution in [0.5, 0.6) is 0 Å². The van der Waals surface area contributed by atoms with E-state index < -0.39 is 5.41 Å². The van der Waals surface area contributed by atoms with Crippen LogP contribution in [0.3, 0.4) is 0 Å². The molecule has 8 aromatic carbocycles. The van der Waals surface area contributed by atoms with Crippen LogP contribution in [0.1, 0.15) is 22.3 Å². The number of hydrogen-bond donors (Lipinski definition) is 0. The maximum Gasteiger partial charge on any atom is 0.0736 e. The van der Waals surface area contributed by atoms with Crippen molar-refractivity contribution in [2.24, 2.45) is 0 Å². The molecule has 0 amide bonds. The summed E-state index contributed by atoms with van der Waals surface area (Å²) in [7, 11) is 0. The molecule has 2 heteroatoms. The van der Waals surface area contributed by atoms with Gasteiger partial charge in [0.15, 0.2) is 0 Å². The molecular formula is C47H29NS. The molecule has 0 bridgehead atoms. The van der Waals surface area contributed by atoms with Gasteiger partial charge >= 0.3 is 0 Å². The maximum atomic E-state index is 2.53. The molecule has 2 heterocycles. The molecule has 228 valence electrons. The highest BCUT2D eigenvalue weighted by atomic mass is 32.2. The number of rotatable bonds is 2. The van der Waals surface area contributed by atoms with Gasteiger partial charge in [-0.05, 0) is 91.7 Å². The van der Waals surface area contributed by atoms with Crippen LogP contribution in [0, 0.1) is 0 Å². The van der Waals surface area contributed by atoms with E-state index in [4.69, 9.17) is 0 Å². The predicted molar refractivity (Wildman–Crippen MR) is 205 cm³/mol. The van der Waals surface area contributed by atoms with Gasteiger partial charge in [-0.1, -0.05) is 151 Å². The van der Waals surface area contributed by atoms with Crippen molar-refractivity contribution >= 4 is 44.3 Å². The second-order valence-corrected chi connectivity index (χ2v) is 14.3. The molecule has 1 aliphatic heterocycles. The number of nitrogens with zero attached hydrogens (tertiary/aromatic N) is 1. The minimum atomic E-state index is -0.418. The largest absolute Gasteiger partial charge is 0.309 e. The Labute approximate surface area is 289 Å². The lowest BCUT2D eigenvalue weighted by Crippen LogP contribution is -2.32. The van der Waals surface area contributed by atoms with E-state index >= 15 is 0 Å². The lowest BCUT2D eigenvalue weighted by Gasteiger charge is -2.39. The van der Waals surface area contributed by atoms with Crippen LogP contribution >= 0.6 is 11.8 Å². The van der Waals surface area contributed by atoms with Crippen LogP contribution in [0.4, 0.5) is 0 Å². The van der Waals surface area contributed by atoms with Crippen molar-refractivity contribution in [2.75, 3.05) is 0 Å². The molecule has 1 nitrogen and oxygen atoms in total. The third kappa shape index (κ3) is 3.62. The molecule has 1 spiro atoms. The molecule has 0 saturated carbocycles. The number of fused-ring (bicyclic) bond motifs is 14. The molecule has 0 N–H and O–H groups in total. The zero-order valence-corrected chi connectivity index (χ0v) is 27.4. The van der Waals surface area contributed by atoms with Gasteiger partial charge < -0.3 is 4.57 Å². The number of benzene rings is 8. The van der Waals surface area contributed by atoms with E-state index in [1.807, 2.05) is 11.8 Å². The Bertz CT molecular complexity index is 2740. The standard InChI is InChI=1S/C47H29NS/c1-2-12-30(13-3-1)31-22-25-33(26-23-31)48-42-27-24-32-14-4-5-15-34(32)46(42)37-28-45-41(29-43(37)48)47(40-20-10-11-21-44(40)49-45)38-18-8-6-16-35(38)36-17-7-9-19-39(36)47/h1-29H. The van der Waals surface area contributed by atoms with Gasteiger partial charge in [-0.25, -0.2) is 0 Å². The van der Waals surface area contributed by atoms with E-state index in [9.17, 15) is 0 Å². The second kappa shape index (κ2) is 10.1. The molecule has 9 aromatic rings. The summed E-state index contributed by atoms with van der Waals surface area (Å²) >= 11 is 1.92. The minimum Gasteiger partial charge on any atom is -0.309 e. The summed E-state index contributed by atoms with van der Waals surface area (Å²) in [4.78, 5) is 2.65. The Kier molecular flexibility index (Phi) is 5.59. The fourth-order valence-electron chi connectivity index (χ4n) is 8.85. The van der Waals surface area contributed by atoms with E-state index in [0.29, 0.717) is 0 Å². The van der Waals surface area contributed by atoms with Crippen molar-refractivity contribution in [3.8, 4) is 27.9 Å². The summed E-state index contributed by atoms with van der Waals surface area (Å²) in [5.74, 6) is 0. The van der Waals surface area contributed by atoms with Crippen molar-refractivity contribution in [1.82, 2.24) is 4.57 Å². The summed E-state index contributed by atoms with van der Waals surface area (Å²) in [5.41, 5.74) is 13.8. The summed E-state index contributed by atoms with van der Waals surface area (Å²) in [6.07, 6.45) is 0. The first kappa shape index (κ1) is 27.2. The average molecular weight is 640 g/mol. The SMILES string of the molecule is c1ccc(-c2ccc(-n3c4cc5c(cc4c4c6ccccc6ccc43)Sc3ccccc3C53c4ccccc4-c4ccccc43)cc2)cc1. The molecule has 1 aliphatic carbocycles. The van der Waals surface area contributed by atoms with E-state index in [2.05, 4.69) is 180 Å². The van der Waals surface area contributed by atoms with Gasteiger partial charge in [-0.3, -0.25) is 0 Å². The van der Waals surface area contributed by atoms with Crippen molar-refractivity contribution in [2.45, 2.75) is 15.2 Å². The third-order valence-electron chi connectivity index (χ3n) is 10.9. The molecule has 49 heavy (non-hydrogen) atoms. The van der Waals surface area contributed by atoms with Gasteiger partial charge in [0.2, 0.25) is 0 Å². The lowest BCUT2D eigenvalue weighted by atomic mass is 9.67. The van der Waals surface area contributed by atoms with E-state index in [0.717, 1.165) is 0 Å². The summed E-state index contributed by atoms with van der Waals surface area (Å²) in [5, 5.41) is 5.15. The van der Waals surface area contributed by atoms with Gasteiger partial charge in [0, 0.05) is 26.3 Å². The maximum absolute atomic E-state index is 2.53. The topological polar surface area (TPSA) is 4.93 Å². The molecule has 0 atom stereocenters. The highest BCUT2D eigenvalue weighted by molar-refractivity contribution is 7.99. The normalized spacial score (nSPS) is 13.8. The molecular weight excluding hydrogens is 611 g/mol. The van der Waals surface area contributed by atoms with Gasteiger partial charge in [-0.2, -0.15) is 0 Å². The van der Waals surface area contributed by atoms with Crippen LogP contribution in [-0.2, 0) is 5.41 Å². The molecule has 0 saturated heterocycles. The van der Waals surface area contributed by atoms with Gasteiger partial charge in [-0.15, -0.1) is 0 Å². The quantitative estimate of drug-likeness (QED) is 0.182. The van der Waals surface area contributed by atoms with Crippen molar-refractivity contribution in [3.63, 3.8) is 0 Å². The van der Waals surface area contributed by atoms with Crippen LogP contribution in [0.2, 0.25) is 0 Å². The van der Waals surface area contributed by atoms with E-state index in [-0.39, 0.29) is 0 Å². The van der Waals surface area contributed by atoms with Crippen molar-refractivity contribution in [3.05, 3.63) is 198 Å². The van der Waals surface area contributed by atoms with Gasteiger partial charge in [0.1, 0.15) is 0 Å². The van der Waals surface area contributed by atoms with Crippen LogP contribution in [0.25, 0.3) is 60.5 Å². The highest BCUT2D eigenvalue weighted by Gasteiger charge is 2.50. The van der Waals surface area contributed by atoms with Crippen LogP contribution in [-0.4, -0.2) is 4.57 Å². The smallest absolute Gasteiger partial charge is 0.0736 e. The summed E-state index contributed by atoms with van der Waals surface area (Å²) < 4.78 is 2.50. The summed E-state index contributed by atoms with van der Waals surface area (Å²) in [6.45, 7) is 0. The molecule has 0 unspecified atom stereocenters. The first-order valence-corrected chi connectivity index (χ1v) is 17.8. The van der Waals surface area contributed by atoms with E-state index in [1.165, 1.54) is 92.6 Å². The zero-order chi connectivity index (χ0) is 32.1. The predicted octanol–water partition coefficient (Wildman–Crippen LogP) is 12.4. The zero-order valence-electron chi connectivity index (χ0n) is 26.6. The Morgan fingerprint density at radius 3 is 1.82 bits per heavy atom. The minimum absolute atomic E-state index is 0.418. The first-order chi connectivity index (χ1) is 24.3. The molecule has 11 rings (SSSR count). The Balaban J connectivity index is 1.28. The van der Waals surface area contributed by atoms with Gasteiger partial charge in [0.05, 0.1) is 16.4 Å². The molecule has 1 aromatic heterocycles. The van der Waals surface area contributed by atoms with E-state index in [1.54, 1.807) is 0 Å². The fourth-order valence-corrected chi connectivity index (χ4v) is 10.1. The molecule has 0 fully saturated rings.